The van der Waals surface area contributed by atoms with Crippen LogP contribution in [0.2, 0.25) is 0 Å². The Kier molecular flexibility index (Phi) is 8.42. The van der Waals surface area contributed by atoms with Crippen molar-refractivity contribution in [3.8, 4) is 0 Å². The average Bonchev–Trinajstić information content (AvgIpc) is 3.05. The van der Waals surface area contributed by atoms with Crippen molar-refractivity contribution in [1.29, 1.82) is 0 Å². The van der Waals surface area contributed by atoms with Crippen molar-refractivity contribution < 1.29 is 29.2 Å². The maximum Gasteiger partial charge on any atom is 0.411 e. The fourth-order valence-electron chi connectivity index (χ4n) is 3.26. The lowest BCUT2D eigenvalue weighted by molar-refractivity contribution is -0.163. The van der Waals surface area contributed by atoms with E-state index in [2.05, 4.69) is 6.58 Å². The number of aliphatic hydroxyl groups is 2. The predicted octanol–water partition coefficient (Wildman–Crippen LogP) is 3.36. The van der Waals surface area contributed by atoms with Crippen LogP contribution in [-0.2, 0) is 14.2 Å². The van der Waals surface area contributed by atoms with Crippen LogP contribution >= 0.6 is 0 Å². The molecule has 1 aromatic rings. The van der Waals surface area contributed by atoms with Crippen molar-refractivity contribution >= 4 is 12.2 Å². The highest BCUT2D eigenvalue weighted by Gasteiger charge is 2.43. The molecule has 0 bridgehead atoms. The first-order valence-electron chi connectivity index (χ1n) is 10.5. The fourth-order valence-corrected chi connectivity index (χ4v) is 3.26. The van der Waals surface area contributed by atoms with E-state index in [-0.39, 0.29) is 13.2 Å². The third kappa shape index (κ3) is 7.47. The van der Waals surface area contributed by atoms with E-state index >= 15 is 0 Å². The van der Waals surface area contributed by atoms with Gasteiger partial charge in [-0.3, -0.25) is 4.90 Å². The van der Waals surface area contributed by atoms with E-state index in [1.165, 1.54) is 4.90 Å². The second kappa shape index (κ2) is 10.4. The van der Waals surface area contributed by atoms with Gasteiger partial charge in [0.25, 0.3) is 0 Å². The topological polar surface area (TPSA) is 88.5 Å². The minimum atomic E-state index is -1.35. The molecule has 1 fully saturated rings. The highest BCUT2D eigenvalue weighted by Crippen LogP contribution is 2.27. The molecule has 0 aliphatic carbocycles. The van der Waals surface area contributed by atoms with Gasteiger partial charge in [-0.15, -0.1) is 6.58 Å². The molecule has 4 atom stereocenters. The standard InChI is InChI=1S/C24H35NO6/c1-7-15-25(22(28)31-23(2,3)4)18(14-13-17-11-9-8-10-12-17)20(26)21(27)19-16-29-24(5,6)30-19/h7-14,18-21,26-27H,1,15-16H2,2-6H3/b14-13+/t18-,19+,20-,21-/m1/s1. The van der Waals surface area contributed by atoms with Crippen molar-refractivity contribution in [2.75, 3.05) is 13.2 Å². The summed E-state index contributed by atoms with van der Waals surface area (Å²) in [6.45, 7) is 12.8. The Hall–Kier alpha value is -2.19. The molecule has 1 saturated heterocycles. The van der Waals surface area contributed by atoms with Crippen molar-refractivity contribution in [2.45, 2.75) is 70.4 Å². The maximum atomic E-state index is 12.9. The Balaban J connectivity index is 2.34. The van der Waals surface area contributed by atoms with Crippen molar-refractivity contribution in [3.63, 3.8) is 0 Å². The quantitative estimate of drug-likeness (QED) is 0.611. The Morgan fingerprint density at radius 1 is 1.32 bits per heavy atom. The molecule has 7 heteroatoms. The number of nitrogens with zero attached hydrogens (tertiary/aromatic N) is 1. The summed E-state index contributed by atoms with van der Waals surface area (Å²) in [5, 5.41) is 22.0. The number of amides is 1. The molecule has 0 unspecified atom stereocenters. The lowest BCUT2D eigenvalue weighted by Gasteiger charge is -2.36. The summed E-state index contributed by atoms with van der Waals surface area (Å²) in [6, 6.07) is 8.59. The summed E-state index contributed by atoms with van der Waals surface area (Å²) < 4.78 is 16.8. The number of carbonyl (C=O) groups excluding carboxylic acids is 1. The average molecular weight is 434 g/mol. The van der Waals surface area contributed by atoms with Gasteiger partial charge < -0.3 is 24.4 Å². The lowest BCUT2D eigenvalue weighted by atomic mass is 9.98. The highest BCUT2D eigenvalue weighted by molar-refractivity contribution is 5.69. The van der Waals surface area contributed by atoms with Crippen molar-refractivity contribution in [1.82, 2.24) is 4.90 Å². The summed E-state index contributed by atoms with van der Waals surface area (Å²) in [6.07, 6.45) is 1.02. The number of ether oxygens (including phenoxy) is 3. The fraction of sp³-hybridized carbons (Fsp3) is 0.542. The first-order chi connectivity index (χ1) is 14.4. The lowest BCUT2D eigenvalue weighted by Crippen LogP contribution is -2.54. The van der Waals surface area contributed by atoms with Crippen LogP contribution in [0.25, 0.3) is 6.08 Å². The SMILES string of the molecule is C=CCN(C(=O)OC(C)(C)C)[C@H](/C=C/c1ccccc1)[C@@H](O)[C@H](O)[C@@H]1COC(C)(C)O1. The van der Waals surface area contributed by atoms with Crippen LogP contribution < -0.4 is 0 Å². The third-order valence-electron chi connectivity index (χ3n) is 4.71. The zero-order valence-electron chi connectivity index (χ0n) is 19.0. The molecule has 1 heterocycles. The maximum absolute atomic E-state index is 12.9. The molecule has 1 aromatic carbocycles. The van der Waals surface area contributed by atoms with E-state index < -0.39 is 41.8 Å². The van der Waals surface area contributed by atoms with Gasteiger partial charge in [0, 0.05) is 6.54 Å². The first kappa shape index (κ1) is 25.1. The van der Waals surface area contributed by atoms with Crippen molar-refractivity contribution in [3.05, 3.63) is 54.6 Å². The molecule has 0 spiro atoms. The van der Waals surface area contributed by atoms with Crippen molar-refractivity contribution in [2.24, 2.45) is 0 Å². The zero-order valence-corrected chi connectivity index (χ0v) is 19.0. The zero-order chi connectivity index (χ0) is 23.2. The van der Waals surface area contributed by atoms with Crippen LogP contribution in [0.5, 0.6) is 0 Å². The van der Waals surface area contributed by atoms with Crippen LogP contribution in [-0.4, -0.2) is 70.1 Å². The number of hydrogen-bond donors (Lipinski definition) is 2. The van der Waals surface area contributed by atoms with Gasteiger partial charge in [0.1, 0.15) is 23.9 Å². The molecular formula is C24H35NO6. The summed E-state index contributed by atoms with van der Waals surface area (Å²) in [4.78, 5) is 14.3. The highest BCUT2D eigenvalue weighted by atomic mass is 16.7. The van der Waals surface area contributed by atoms with Crippen LogP contribution in [0.4, 0.5) is 4.79 Å². The predicted molar refractivity (Wildman–Crippen MR) is 119 cm³/mol. The van der Waals surface area contributed by atoms with E-state index in [9.17, 15) is 15.0 Å². The Labute approximate surface area is 184 Å². The molecule has 1 amide bonds. The normalized spacial score (nSPS) is 21.5. The van der Waals surface area contributed by atoms with Gasteiger partial charge in [-0.05, 0) is 40.2 Å². The molecular weight excluding hydrogens is 398 g/mol. The molecule has 172 valence electrons. The van der Waals surface area contributed by atoms with Crippen LogP contribution in [0.15, 0.2) is 49.1 Å². The van der Waals surface area contributed by atoms with Gasteiger partial charge in [0.05, 0.1) is 12.6 Å². The molecule has 0 radical (unpaired) electrons. The molecule has 2 N–H and O–H groups in total. The van der Waals surface area contributed by atoms with Crippen LogP contribution in [0.1, 0.15) is 40.2 Å². The summed E-state index contributed by atoms with van der Waals surface area (Å²) >= 11 is 0. The van der Waals surface area contributed by atoms with Gasteiger partial charge in [0.15, 0.2) is 5.79 Å². The van der Waals surface area contributed by atoms with Gasteiger partial charge in [-0.25, -0.2) is 4.79 Å². The Bertz CT molecular complexity index is 755. The Morgan fingerprint density at radius 2 is 1.97 bits per heavy atom. The monoisotopic (exact) mass is 433 g/mol. The van der Waals surface area contributed by atoms with E-state index in [1.54, 1.807) is 52.8 Å². The number of hydrogen-bond acceptors (Lipinski definition) is 6. The molecule has 31 heavy (non-hydrogen) atoms. The van der Waals surface area contributed by atoms with Crippen LogP contribution in [0.3, 0.4) is 0 Å². The van der Waals surface area contributed by atoms with E-state index in [1.807, 2.05) is 30.3 Å². The number of aliphatic hydroxyl groups excluding tert-OH is 2. The largest absolute Gasteiger partial charge is 0.444 e. The van der Waals surface area contributed by atoms with Gasteiger partial charge >= 0.3 is 6.09 Å². The third-order valence-corrected chi connectivity index (χ3v) is 4.71. The first-order valence-corrected chi connectivity index (χ1v) is 10.5. The summed E-state index contributed by atoms with van der Waals surface area (Å²) in [7, 11) is 0. The Morgan fingerprint density at radius 3 is 2.48 bits per heavy atom. The molecule has 0 aromatic heterocycles. The minimum Gasteiger partial charge on any atom is -0.444 e. The van der Waals surface area contributed by atoms with Gasteiger partial charge in [0.2, 0.25) is 0 Å². The number of benzene rings is 1. The second-order valence-corrected chi connectivity index (χ2v) is 9.03. The second-order valence-electron chi connectivity index (χ2n) is 9.03. The van der Waals surface area contributed by atoms with Crippen LogP contribution in [0, 0.1) is 0 Å². The van der Waals surface area contributed by atoms with E-state index in [4.69, 9.17) is 14.2 Å². The summed E-state index contributed by atoms with van der Waals surface area (Å²) in [5.41, 5.74) is 0.165. The van der Waals surface area contributed by atoms with Gasteiger partial charge in [-0.1, -0.05) is 48.6 Å². The minimum absolute atomic E-state index is 0.121. The molecule has 0 saturated carbocycles. The molecule has 2 rings (SSSR count). The number of carbonyl (C=O) groups is 1. The molecule has 7 nitrogen and oxygen atoms in total. The van der Waals surface area contributed by atoms with E-state index in [0.717, 1.165) is 5.56 Å². The summed E-state index contributed by atoms with van der Waals surface area (Å²) in [5.74, 6) is -0.854. The molecule has 1 aliphatic rings. The number of rotatable bonds is 8. The van der Waals surface area contributed by atoms with E-state index in [0.29, 0.717) is 0 Å². The smallest absolute Gasteiger partial charge is 0.411 e. The molecule has 1 aliphatic heterocycles. The van der Waals surface area contributed by atoms with Gasteiger partial charge in [-0.2, -0.15) is 0 Å².